The Labute approximate surface area is 196 Å². The van der Waals surface area contributed by atoms with E-state index in [1.165, 1.54) is 43.5 Å². The molecule has 7 nitrogen and oxygen atoms in total. The van der Waals surface area contributed by atoms with Gasteiger partial charge in [-0.1, -0.05) is 17.7 Å². The average Bonchev–Trinajstić information content (AvgIpc) is 3.21. The smallest absolute Gasteiger partial charge is 0.283 e. The minimum atomic E-state index is -3.96. The summed E-state index contributed by atoms with van der Waals surface area (Å²) >= 11 is 0. The Morgan fingerprint density at radius 2 is 1.74 bits per heavy atom. The molecule has 4 aromatic rings. The Balaban J connectivity index is 1.57. The molecule has 0 aliphatic heterocycles. The third kappa shape index (κ3) is 4.79. The Morgan fingerprint density at radius 3 is 2.41 bits per heavy atom. The first-order valence-electron chi connectivity index (χ1n) is 10.6. The zero-order valence-corrected chi connectivity index (χ0v) is 19.5. The molecule has 9 heteroatoms. The molecule has 0 saturated carbocycles. The summed E-state index contributed by atoms with van der Waals surface area (Å²) in [6.07, 6.45) is 0.564. The SMILES string of the molecule is COc1ccc2c(c1)c(OCCCC(=O)c1ccc(F)cc1)nn2S(=O)(=O)c1ccc(C)cc1. The highest BCUT2D eigenvalue weighted by Crippen LogP contribution is 2.31. The summed E-state index contributed by atoms with van der Waals surface area (Å²) in [6, 6.07) is 16.8. The lowest BCUT2D eigenvalue weighted by Gasteiger charge is -2.06. The normalized spacial score (nSPS) is 11.5. The van der Waals surface area contributed by atoms with E-state index in [1.807, 2.05) is 6.92 Å². The number of fused-ring (bicyclic) bond motifs is 1. The van der Waals surface area contributed by atoms with E-state index < -0.39 is 15.8 Å². The predicted octanol–water partition coefficient (Wildman–Crippen LogP) is 4.77. The molecule has 0 bridgehead atoms. The molecule has 1 heterocycles. The van der Waals surface area contributed by atoms with Crippen molar-refractivity contribution in [1.82, 2.24) is 9.19 Å². The van der Waals surface area contributed by atoms with Crippen LogP contribution in [0.1, 0.15) is 28.8 Å². The maximum atomic E-state index is 13.3. The van der Waals surface area contributed by atoms with Crippen molar-refractivity contribution < 1.29 is 27.1 Å². The summed E-state index contributed by atoms with van der Waals surface area (Å²) < 4.78 is 51.6. The highest BCUT2D eigenvalue weighted by atomic mass is 32.2. The number of ether oxygens (including phenoxy) is 2. The van der Waals surface area contributed by atoms with E-state index in [4.69, 9.17) is 9.47 Å². The fourth-order valence-corrected chi connectivity index (χ4v) is 4.73. The van der Waals surface area contributed by atoms with Gasteiger partial charge in [0, 0.05) is 12.0 Å². The van der Waals surface area contributed by atoms with E-state index in [0.29, 0.717) is 28.6 Å². The largest absolute Gasteiger partial charge is 0.497 e. The molecular weight excluding hydrogens is 459 g/mol. The van der Waals surface area contributed by atoms with Crippen molar-refractivity contribution in [2.75, 3.05) is 13.7 Å². The molecule has 0 aliphatic carbocycles. The van der Waals surface area contributed by atoms with E-state index in [2.05, 4.69) is 5.10 Å². The first-order chi connectivity index (χ1) is 16.3. The highest BCUT2D eigenvalue weighted by molar-refractivity contribution is 7.90. The van der Waals surface area contributed by atoms with Crippen LogP contribution in [0.15, 0.2) is 71.6 Å². The first kappa shape index (κ1) is 23.4. The molecule has 0 radical (unpaired) electrons. The van der Waals surface area contributed by atoms with Gasteiger partial charge in [-0.05, 0) is 67.9 Å². The summed E-state index contributed by atoms with van der Waals surface area (Å²) in [4.78, 5) is 12.4. The molecule has 0 amide bonds. The van der Waals surface area contributed by atoms with Crippen LogP contribution < -0.4 is 9.47 Å². The molecule has 0 saturated heterocycles. The fraction of sp³-hybridized carbons (Fsp3) is 0.200. The number of rotatable bonds is 9. The minimum absolute atomic E-state index is 0.106. The molecule has 0 fully saturated rings. The Bertz CT molecular complexity index is 1430. The topological polar surface area (TPSA) is 87.5 Å². The zero-order chi connectivity index (χ0) is 24.3. The van der Waals surface area contributed by atoms with Crippen LogP contribution in [0.25, 0.3) is 10.9 Å². The van der Waals surface area contributed by atoms with Gasteiger partial charge in [0.15, 0.2) is 5.78 Å². The van der Waals surface area contributed by atoms with Crippen molar-refractivity contribution in [3.8, 4) is 11.6 Å². The van der Waals surface area contributed by atoms with Crippen LogP contribution in [-0.4, -0.2) is 37.1 Å². The van der Waals surface area contributed by atoms with Gasteiger partial charge in [0.1, 0.15) is 11.6 Å². The van der Waals surface area contributed by atoms with Gasteiger partial charge in [-0.25, -0.2) is 4.39 Å². The third-order valence-electron chi connectivity index (χ3n) is 5.32. The van der Waals surface area contributed by atoms with E-state index in [-0.39, 0.29) is 29.6 Å². The van der Waals surface area contributed by atoms with Crippen LogP contribution in [0.4, 0.5) is 4.39 Å². The summed E-state index contributed by atoms with van der Waals surface area (Å²) in [5.41, 5.74) is 1.71. The van der Waals surface area contributed by atoms with E-state index in [1.54, 1.807) is 30.3 Å². The van der Waals surface area contributed by atoms with Crippen LogP contribution in [0.3, 0.4) is 0 Å². The number of hydrogen-bond donors (Lipinski definition) is 0. The van der Waals surface area contributed by atoms with Gasteiger partial charge in [0.25, 0.3) is 10.0 Å². The molecule has 0 aliphatic rings. The van der Waals surface area contributed by atoms with Crippen LogP contribution >= 0.6 is 0 Å². The summed E-state index contributed by atoms with van der Waals surface area (Å²) in [5, 5.41) is 4.72. The van der Waals surface area contributed by atoms with Crippen molar-refractivity contribution >= 4 is 26.7 Å². The molecule has 0 spiro atoms. The van der Waals surface area contributed by atoms with Gasteiger partial charge in [0.2, 0.25) is 5.88 Å². The number of ketones is 1. The zero-order valence-electron chi connectivity index (χ0n) is 18.7. The number of nitrogens with zero attached hydrogens (tertiary/aromatic N) is 2. The van der Waals surface area contributed by atoms with Crippen LogP contribution in [0.2, 0.25) is 0 Å². The average molecular weight is 483 g/mol. The second kappa shape index (κ2) is 9.64. The maximum absolute atomic E-state index is 13.3. The Kier molecular flexibility index (Phi) is 6.65. The predicted molar refractivity (Wildman–Crippen MR) is 126 cm³/mol. The number of aryl methyl sites for hydroxylation is 1. The van der Waals surface area contributed by atoms with Gasteiger partial charge in [-0.3, -0.25) is 4.79 Å². The number of halogens is 1. The molecule has 0 unspecified atom stereocenters. The van der Waals surface area contributed by atoms with Crippen molar-refractivity contribution in [2.45, 2.75) is 24.7 Å². The van der Waals surface area contributed by atoms with Gasteiger partial charge < -0.3 is 9.47 Å². The van der Waals surface area contributed by atoms with Crippen LogP contribution in [0, 0.1) is 12.7 Å². The van der Waals surface area contributed by atoms with E-state index in [0.717, 1.165) is 9.65 Å². The van der Waals surface area contributed by atoms with Gasteiger partial charge in [-0.2, -0.15) is 8.42 Å². The van der Waals surface area contributed by atoms with Crippen molar-refractivity contribution in [2.24, 2.45) is 0 Å². The standard InChI is InChI=1S/C25H23FN2O5S/c1-17-5-12-21(13-6-17)34(30,31)28-23-14-11-20(32-2)16-22(23)25(27-28)33-15-3-4-24(29)18-7-9-19(26)10-8-18/h5-14,16H,3-4,15H2,1-2H3. The monoisotopic (exact) mass is 482 g/mol. The van der Waals surface area contributed by atoms with Gasteiger partial charge >= 0.3 is 0 Å². The molecule has 4 rings (SSSR count). The molecule has 3 aromatic carbocycles. The first-order valence-corrected chi connectivity index (χ1v) is 12.0. The van der Waals surface area contributed by atoms with E-state index >= 15 is 0 Å². The Morgan fingerprint density at radius 1 is 1.03 bits per heavy atom. The number of methoxy groups -OCH3 is 1. The van der Waals surface area contributed by atoms with Gasteiger partial charge in [0.05, 0.1) is 29.5 Å². The number of hydrogen-bond acceptors (Lipinski definition) is 6. The van der Waals surface area contributed by atoms with E-state index in [9.17, 15) is 17.6 Å². The van der Waals surface area contributed by atoms with Gasteiger partial charge in [-0.15, -0.1) is 9.19 Å². The number of aromatic nitrogens is 2. The lowest BCUT2D eigenvalue weighted by Crippen LogP contribution is -2.14. The second-order valence-electron chi connectivity index (χ2n) is 7.73. The molecule has 34 heavy (non-hydrogen) atoms. The lowest BCUT2D eigenvalue weighted by molar-refractivity contribution is 0.0973. The second-order valence-corrected chi connectivity index (χ2v) is 9.50. The molecule has 176 valence electrons. The summed E-state index contributed by atoms with van der Waals surface area (Å²) in [7, 11) is -2.45. The summed E-state index contributed by atoms with van der Waals surface area (Å²) in [5.74, 6) is 0.107. The van der Waals surface area contributed by atoms with Crippen LogP contribution in [0.5, 0.6) is 11.6 Å². The highest BCUT2D eigenvalue weighted by Gasteiger charge is 2.24. The van der Waals surface area contributed by atoms with Crippen molar-refractivity contribution in [3.05, 3.63) is 83.7 Å². The maximum Gasteiger partial charge on any atom is 0.283 e. The number of benzene rings is 3. The quantitative estimate of drug-likeness (QED) is 0.252. The Hall–Kier alpha value is -3.72. The number of carbonyl (C=O) groups excluding carboxylic acids is 1. The molecule has 0 N–H and O–H groups in total. The number of Topliss-reactive ketones (excluding diaryl/α,β-unsaturated/α-hetero) is 1. The lowest BCUT2D eigenvalue weighted by atomic mass is 10.1. The summed E-state index contributed by atoms with van der Waals surface area (Å²) in [6.45, 7) is 2.01. The third-order valence-corrected chi connectivity index (χ3v) is 6.92. The van der Waals surface area contributed by atoms with Crippen molar-refractivity contribution in [1.29, 1.82) is 0 Å². The molecular formula is C25H23FN2O5S. The molecule has 0 atom stereocenters. The number of carbonyl (C=O) groups is 1. The minimum Gasteiger partial charge on any atom is -0.497 e. The fourth-order valence-electron chi connectivity index (χ4n) is 3.45. The van der Waals surface area contributed by atoms with Crippen LogP contribution in [-0.2, 0) is 10.0 Å². The van der Waals surface area contributed by atoms with Crippen molar-refractivity contribution in [3.63, 3.8) is 0 Å². The molecule has 1 aromatic heterocycles.